The van der Waals surface area contributed by atoms with Crippen molar-refractivity contribution >= 4 is 17.5 Å². The Balaban J connectivity index is 2.28. The summed E-state index contributed by atoms with van der Waals surface area (Å²) >= 11 is 0. The Bertz CT molecular complexity index is 405. The third kappa shape index (κ3) is 5.98. The van der Waals surface area contributed by atoms with Gasteiger partial charge in [-0.3, -0.25) is 9.59 Å². The molecule has 0 radical (unpaired) electrons. The predicted octanol–water partition coefficient (Wildman–Crippen LogP) is 0.105. The second kappa shape index (κ2) is 8.23. The number of anilines is 1. The number of para-hydroxylation sites is 1. The second-order valence-corrected chi connectivity index (χ2v) is 3.99. The zero-order chi connectivity index (χ0) is 14.1. The van der Waals surface area contributed by atoms with Crippen molar-refractivity contribution in [3.8, 4) is 0 Å². The van der Waals surface area contributed by atoms with Gasteiger partial charge in [0.1, 0.15) is 0 Å². The van der Waals surface area contributed by atoms with Crippen molar-refractivity contribution in [2.45, 2.75) is 12.5 Å². The number of amides is 2. The average molecular weight is 265 g/mol. The fraction of sp³-hybridized carbons (Fsp3) is 0.385. The minimum absolute atomic E-state index is 0.0747. The molecule has 0 saturated heterocycles. The van der Waals surface area contributed by atoms with Crippen LogP contribution in [0.1, 0.15) is 6.42 Å². The number of nitrogens with two attached hydrogens (primary N) is 1. The summed E-state index contributed by atoms with van der Waals surface area (Å²) in [5.41, 5.74) is 6.10. The molecule has 0 aromatic heterocycles. The summed E-state index contributed by atoms with van der Waals surface area (Å²) < 4.78 is 4.99. The molecule has 0 bridgehead atoms. The van der Waals surface area contributed by atoms with Gasteiger partial charge in [0.25, 0.3) is 0 Å². The van der Waals surface area contributed by atoms with Gasteiger partial charge in [0.05, 0.1) is 19.1 Å². The Morgan fingerprint density at radius 2 is 1.95 bits per heavy atom. The minimum Gasteiger partial charge on any atom is -0.380 e. The molecular formula is C13H19N3O3. The zero-order valence-corrected chi connectivity index (χ0v) is 10.9. The highest BCUT2D eigenvalue weighted by molar-refractivity contribution is 5.94. The Hall–Kier alpha value is -1.92. The van der Waals surface area contributed by atoms with Gasteiger partial charge in [-0.15, -0.1) is 0 Å². The Labute approximate surface area is 112 Å². The molecule has 104 valence electrons. The van der Waals surface area contributed by atoms with Crippen LogP contribution < -0.4 is 16.4 Å². The zero-order valence-electron chi connectivity index (χ0n) is 10.9. The van der Waals surface area contributed by atoms with Gasteiger partial charge in [-0.05, 0) is 12.1 Å². The molecule has 0 saturated carbocycles. The molecule has 19 heavy (non-hydrogen) atoms. The molecule has 4 N–H and O–H groups in total. The molecule has 0 fully saturated rings. The number of hydrogen-bond donors (Lipinski definition) is 3. The maximum absolute atomic E-state index is 11.6. The van der Waals surface area contributed by atoms with Crippen LogP contribution in [0.15, 0.2) is 30.3 Å². The number of ether oxygens (including phenoxy) is 1. The fourth-order valence-corrected chi connectivity index (χ4v) is 1.45. The highest BCUT2D eigenvalue weighted by Crippen LogP contribution is 2.04. The van der Waals surface area contributed by atoms with Gasteiger partial charge in [0.2, 0.25) is 11.8 Å². The van der Waals surface area contributed by atoms with E-state index in [1.807, 2.05) is 18.2 Å². The van der Waals surface area contributed by atoms with Gasteiger partial charge in [-0.1, -0.05) is 18.2 Å². The summed E-state index contributed by atoms with van der Waals surface area (Å²) in [6.07, 6.45) is -0.178. The van der Waals surface area contributed by atoms with E-state index < -0.39 is 0 Å². The van der Waals surface area contributed by atoms with Crippen molar-refractivity contribution in [3.05, 3.63) is 30.3 Å². The molecule has 0 aliphatic carbocycles. The van der Waals surface area contributed by atoms with Crippen LogP contribution in [0.2, 0.25) is 0 Å². The van der Waals surface area contributed by atoms with Gasteiger partial charge in [0, 0.05) is 19.3 Å². The number of rotatable bonds is 7. The first-order valence-corrected chi connectivity index (χ1v) is 6.00. The van der Waals surface area contributed by atoms with Crippen LogP contribution in [0, 0.1) is 0 Å². The van der Waals surface area contributed by atoms with Crippen LogP contribution in [-0.2, 0) is 14.3 Å². The summed E-state index contributed by atoms with van der Waals surface area (Å²) in [5, 5.41) is 5.18. The van der Waals surface area contributed by atoms with Crippen molar-refractivity contribution in [3.63, 3.8) is 0 Å². The summed E-state index contributed by atoms with van der Waals surface area (Å²) in [4.78, 5) is 23.1. The molecule has 6 heteroatoms. The summed E-state index contributed by atoms with van der Waals surface area (Å²) in [6, 6.07) is 9.04. The van der Waals surface area contributed by atoms with Crippen molar-refractivity contribution in [2.75, 3.05) is 25.5 Å². The molecule has 1 unspecified atom stereocenters. The number of carbonyl (C=O) groups is 2. The fourth-order valence-electron chi connectivity index (χ4n) is 1.45. The lowest BCUT2D eigenvalue weighted by atomic mass is 10.2. The number of methoxy groups -OCH3 is 1. The molecule has 1 rings (SSSR count). The van der Waals surface area contributed by atoms with Crippen LogP contribution in [0.3, 0.4) is 0 Å². The van der Waals surface area contributed by atoms with Gasteiger partial charge in [-0.25, -0.2) is 0 Å². The van der Waals surface area contributed by atoms with Crippen LogP contribution in [0.5, 0.6) is 0 Å². The van der Waals surface area contributed by atoms with E-state index in [-0.39, 0.29) is 37.4 Å². The van der Waals surface area contributed by atoms with Gasteiger partial charge in [0.15, 0.2) is 0 Å². The lowest BCUT2D eigenvalue weighted by Gasteiger charge is -2.12. The van der Waals surface area contributed by atoms with Crippen molar-refractivity contribution < 1.29 is 14.3 Å². The van der Waals surface area contributed by atoms with E-state index in [0.29, 0.717) is 5.69 Å². The molecule has 0 spiro atoms. The smallest absolute Gasteiger partial charge is 0.243 e. The van der Waals surface area contributed by atoms with E-state index in [1.54, 1.807) is 12.1 Å². The van der Waals surface area contributed by atoms with Crippen LogP contribution in [-0.4, -0.2) is 38.1 Å². The molecule has 2 amide bonds. The topological polar surface area (TPSA) is 93.4 Å². The van der Waals surface area contributed by atoms with E-state index in [0.717, 1.165) is 0 Å². The first kappa shape index (κ1) is 15.1. The molecule has 0 aliphatic rings. The van der Waals surface area contributed by atoms with Crippen LogP contribution >= 0.6 is 0 Å². The van der Waals surface area contributed by atoms with Gasteiger partial charge >= 0.3 is 0 Å². The number of hydrogen-bond acceptors (Lipinski definition) is 4. The van der Waals surface area contributed by atoms with E-state index in [1.165, 1.54) is 7.11 Å². The summed E-state index contributed by atoms with van der Waals surface area (Å²) in [5.74, 6) is -0.540. The number of carbonyl (C=O) groups excluding carboxylic acids is 2. The second-order valence-electron chi connectivity index (χ2n) is 3.99. The molecule has 1 aromatic carbocycles. The first-order chi connectivity index (χ1) is 9.15. The van der Waals surface area contributed by atoms with E-state index in [2.05, 4.69) is 10.6 Å². The highest BCUT2D eigenvalue weighted by atomic mass is 16.5. The third-order valence-electron chi connectivity index (χ3n) is 2.51. The van der Waals surface area contributed by atoms with Crippen LogP contribution in [0.4, 0.5) is 5.69 Å². The quantitative estimate of drug-likeness (QED) is 0.652. The molecule has 1 atom stereocenters. The van der Waals surface area contributed by atoms with Crippen molar-refractivity contribution in [2.24, 2.45) is 5.73 Å². The Morgan fingerprint density at radius 3 is 2.53 bits per heavy atom. The van der Waals surface area contributed by atoms with E-state index in [4.69, 9.17) is 10.5 Å². The minimum atomic E-state index is -0.322. The lowest BCUT2D eigenvalue weighted by Crippen LogP contribution is -2.36. The summed E-state index contributed by atoms with van der Waals surface area (Å²) in [6.45, 7) is 0.189. The third-order valence-corrected chi connectivity index (χ3v) is 2.51. The number of benzene rings is 1. The largest absolute Gasteiger partial charge is 0.380 e. The number of nitrogens with one attached hydrogen (secondary N) is 2. The standard InChI is InChI=1S/C13H19N3O3/c1-19-11(8-14)7-12(17)15-9-13(18)16-10-5-3-2-4-6-10/h2-6,11H,7-9,14H2,1H3,(H,15,17)(H,16,18). The molecule has 1 aromatic rings. The van der Waals surface area contributed by atoms with Gasteiger partial charge in [-0.2, -0.15) is 0 Å². The molecular weight excluding hydrogens is 246 g/mol. The van der Waals surface area contributed by atoms with Crippen molar-refractivity contribution in [1.29, 1.82) is 0 Å². The Morgan fingerprint density at radius 1 is 1.26 bits per heavy atom. The SMILES string of the molecule is COC(CN)CC(=O)NCC(=O)Nc1ccccc1. The van der Waals surface area contributed by atoms with Gasteiger partial charge < -0.3 is 21.1 Å². The van der Waals surface area contributed by atoms with Crippen LogP contribution in [0.25, 0.3) is 0 Å². The molecule has 0 heterocycles. The highest BCUT2D eigenvalue weighted by Gasteiger charge is 2.12. The van der Waals surface area contributed by atoms with E-state index >= 15 is 0 Å². The van der Waals surface area contributed by atoms with E-state index in [9.17, 15) is 9.59 Å². The van der Waals surface area contributed by atoms with Crippen molar-refractivity contribution in [1.82, 2.24) is 5.32 Å². The Kier molecular flexibility index (Phi) is 6.56. The predicted molar refractivity (Wildman–Crippen MR) is 72.5 cm³/mol. The normalized spacial score (nSPS) is 11.7. The maximum Gasteiger partial charge on any atom is 0.243 e. The first-order valence-electron chi connectivity index (χ1n) is 6.00. The summed E-state index contributed by atoms with van der Waals surface area (Å²) in [7, 11) is 1.49. The maximum atomic E-state index is 11.6. The molecule has 6 nitrogen and oxygen atoms in total. The lowest BCUT2D eigenvalue weighted by molar-refractivity contribution is -0.125. The monoisotopic (exact) mass is 265 g/mol. The molecule has 0 aliphatic heterocycles. The average Bonchev–Trinajstić information content (AvgIpc) is 2.43.